The molecule has 0 heterocycles. The number of hydrogen-bond donors (Lipinski definition) is 2. The fraction of sp³-hybridized carbons (Fsp3) is 0.500. The third-order valence-corrected chi connectivity index (χ3v) is 0. The van der Waals surface area contributed by atoms with Crippen LogP contribution in [0.2, 0.25) is 0 Å². The van der Waals surface area contributed by atoms with Crippen molar-refractivity contribution in [3.63, 3.8) is 0 Å². The number of aliphatic hydroxyl groups is 1. The van der Waals surface area contributed by atoms with Gasteiger partial charge in [-0.05, 0) is 6.92 Å². The van der Waals surface area contributed by atoms with Gasteiger partial charge < -0.3 is 10.8 Å². The van der Waals surface area contributed by atoms with Crippen LogP contribution in [-0.2, 0) is 0 Å². The van der Waals surface area contributed by atoms with Gasteiger partial charge >= 0.3 is 0 Å². The number of rotatable bonds is 0. The lowest BCUT2D eigenvalue weighted by Crippen LogP contribution is -1.99. The number of nitrogens with two attached hydrogens (primary N) is 1. The second-order valence-electron chi connectivity index (χ2n) is 0.641. The zero-order valence-electron chi connectivity index (χ0n) is 2.52. The summed E-state index contributed by atoms with van der Waals surface area (Å²) in [5.41, 5.74) is 4.58. The number of aliphatic hydroxyl groups excluding tert-OH is 1. The molecule has 0 aliphatic rings. The largest absolute Gasteiger partial charge is 0.372 e. The second kappa shape index (κ2) is 1.26. The highest BCUT2D eigenvalue weighted by atomic mass is 16.3. The van der Waals surface area contributed by atoms with E-state index in [0.29, 0.717) is 0 Å². The zero-order valence-corrected chi connectivity index (χ0v) is 2.52. The Kier molecular flexibility index (Phi) is 1.24. The minimum absolute atomic E-state index is 0.0833. The Morgan fingerprint density at radius 1 is 2.00 bits per heavy atom. The summed E-state index contributed by atoms with van der Waals surface area (Å²) >= 11 is 0. The highest BCUT2D eigenvalue weighted by molar-refractivity contribution is 4.48. The van der Waals surface area contributed by atoms with Crippen molar-refractivity contribution in [3.05, 3.63) is 6.23 Å². The van der Waals surface area contributed by atoms with Crippen molar-refractivity contribution in [2.45, 2.75) is 6.92 Å². The molecule has 0 aromatic rings. The summed E-state index contributed by atoms with van der Waals surface area (Å²) in [7, 11) is 0. The third kappa shape index (κ3) is 254. The molecule has 0 fully saturated rings. The van der Waals surface area contributed by atoms with Gasteiger partial charge in [0.25, 0.3) is 0 Å². The maximum atomic E-state index is 7.75. The van der Waals surface area contributed by atoms with Gasteiger partial charge in [-0.25, -0.2) is 0 Å². The first-order valence-corrected chi connectivity index (χ1v) is 1.01. The normalized spacial score (nSPS) is 9.00. The van der Waals surface area contributed by atoms with Crippen LogP contribution in [0.25, 0.3) is 0 Å². The summed E-state index contributed by atoms with van der Waals surface area (Å²) in [5.74, 6) is 0. The van der Waals surface area contributed by atoms with E-state index in [1.54, 1.807) is 0 Å². The van der Waals surface area contributed by atoms with Gasteiger partial charge in [-0.2, -0.15) is 0 Å². The molecule has 0 aliphatic carbocycles. The first kappa shape index (κ1) is 3.92. The monoisotopic (exact) mass is 60.0 g/mol. The minimum atomic E-state index is -0.0833. The molecule has 1 radical (unpaired) electrons. The fourth-order valence-corrected chi connectivity index (χ4v) is 0. The first-order valence-electron chi connectivity index (χ1n) is 1.01. The van der Waals surface area contributed by atoms with E-state index in [-0.39, 0.29) is 6.23 Å². The Labute approximate surface area is 25.2 Å². The molecule has 3 N–H and O–H groups in total. The molecule has 0 aromatic carbocycles. The highest BCUT2D eigenvalue weighted by Gasteiger charge is 1.71. The quantitative estimate of drug-likeness (QED) is 0.407. The molecule has 4 heavy (non-hydrogen) atoms. The maximum Gasteiger partial charge on any atom is 0.152 e. The van der Waals surface area contributed by atoms with Crippen molar-refractivity contribution >= 4 is 0 Å². The van der Waals surface area contributed by atoms with Gasteiger partial charge in [0.1, 0.15) is 0 Å². The third-order valence-electron chi connectivity index (χ3n) is 0. The van der Waals surface area contributed by atoms with Crippen molar-refractivity contribution in [2.24, 2.45) is 5.73 Å². The Morgan fingerprint density at radius 3 is 2.00 bits per heavy atom. The van der Waals surface area contributed by atoms with Crippen LogP contribution in [0, 0.1) is 6.23 Å². The standard InChI is InChI=1S/C2H6NO/c1-2(3)4/h4H,3H2,1H3. The van der Waals surface area contributed by atoms with Crippen molar-refractivity contribution in [3.8, 4) is 0 Å². The van der Waals surface area contributed by atoms with E-state index in [1.165, 1.54) is 6.92 Å². The average molecular weight is 60.1 g/mol. The Bertz CT molecular complexity index is 10.8. The van der Waals surface area contributed by atoms with Crippen molar-refractivity contribution in [2.75, 3.05) is 0 Å². The molecule has 2 heteroatoms. The number of hydrogen-bond acceptors (Lipinski definition) is 2. The summed E-state index contributed by atoms with van der Waals surface area (Å²) in [5, 5.41) is 7.75. The first-order chi connectivity index (χ1) is 1.73. The molecule has 2 nitrogen and oxygen atoms in total. The molecular formula is C2H6NO. The summed E-state index contributed by atoms with van der Waals surface area (Å²) in [6, 6.07) is 0. The van der Waals surface area contributed by atoms with Crippen LogP contribution < -0.4 is 5.73 Å². The van der Waals surface area contributed by atoms with Gasteiger partial charge in [0.15, 0.2) is 6.23 Å². The molecular weight excluding hydrogens is 54.0 g/mol. The summed E-state index contributed by atoms with van der Waals surface area (Å²) in [6.07, 6.45) is -0.0833. The maximum absolute atomic E-state index is 7.75. The topological polar surface area (TPSA) is 46.2 Å². The fourth-order valence-electron chi connectivity index (χ4n) is 0. The van der Waals surface area contributed by atoms with Crippen molar-refractivity contribution in [1.82, 2.24) is 0 Å². The van der Waals surface area contributed by atoms with E-state index < -0.39 is 0 Å². The molecule has 0 aromatic heterocycles. The van der Waals surface area contributed by atoms with Crippen LogP contribution in [0.4, 0.5) is 0 Å². The predicted molar refractivity (Wildman–Crippen MR) is 15.0 cm³/mol. The summed E-state index contributed by atoms with van der Waals surface area (Å²) in [6.45, 7) is 1.42. The van der Waals surface area contributed by atoms with E-state index in [1.807, 2.05) is 0 Å². The summed E-state index contributed by atoms with van der Waals surface area (Å²) < 4.78 is 0. The molecule has 0 saturated heterocycles. The van der Waals surface area contributed by atoms with Crippen LogP contribution in [0.15, 0.2) is 0 Å². The Hall–Kier alpha value is -0.0800. The highest BCUT2D eigenvalue weighted by Crippen LogP contribution is 1.64. The molecule has 0 bridgehead atoms. The molecule has 0 saturated carbocycles. The van der Waals surface area contributed by atoms with Crippen LogP contribution in [0.5, 0.6) is 0 Å². The summed E-state index contributed by atoms with van der Waals surface area (Å²) in [4.78, 5) is 0. The van der Waals surface area contributed by atoms with Gasteiger partial charge in [-0.15, -0.1) is 0 Å². The lowest BCUT2D eigenvalue weighted by atomic mass is 10.7. The van der Waals surface area contributed by atoms with Crippen LogP contribution >= 0.6 is 0 Å². The van der Waals surface area contributed by atoms with E-state index in [0.717, 1.165) is 0 Å². The Balaban J connectivity index is 2.32. The van der Waals surface area contributed by atoms with Gasteiger partial charge in [0.05, 0.1) is 0 Å². The zero-order chi connectivity index (χ0) is 3.58. The van der Waals surface area contributed by atoms with Crippen LogP contribution in [0.3, 0.4) is 0 Å². The average Bonchev–Trinajstić information content (AvgIpc) is 0.811. The molecule has 0 spiro atoms. The molecule has 25 valence electrons. The Morgan fingerprint density at radius 2 is 2.00 bits per heavy atom. The lowest BCUT2D eigenvalue weighted by Gasteiger charge is -1.79. The molecule has 0 unspecified atom stereocenters. The van der Waals surface area contributed by atoms with Gasteiger partial charge in [0.2, 0.25) is 0 Å². The molecule has 0 aliphatic heterocycles. The van der Waals surface area contributed by atoms with Gasteiger partial charge in [0, 0.05) is 0 Å². The second-order valence-corrected chi connectivity index (χ2v) is 0.641. The SMILES string of the molecule is C[C](N)O. The predicted octanol–water partition coefficient (Wildman–Crippen LogP) is -0.173. The van der Waals surface area contributed by atoms with Crippen LogP contribution in [0.1, 0.15) is 6.92 Å². The molecule has 0 rings (SSSR count). The van der Waals surface area contributed by atoms with Crippen molar-refractivity contribution in [1.29, 1.82) is 0 Å². The molecule has 0 atom stereocenters. The van der Waals surface area contributed by atoms with Gasteiger partial charge in [-0.1, -0.05) is 0 Å². The smallest absolute Gasteiger partial charge is 0.152 e. The van der Waals surface area contributed by atoms with E-state index >= 15 is 0 Å². The minimum Gasteiger partial charge on any atom is -0.372 e. The van der Waals surface area contributed by atoms with Crippen molar-refractivity contribution < 1.29 is 5.11 Å². The lowest BCUT2D eigenvalue weighted by molar-refractivity contribution is 0.314. The van der Waals surface area contributed by atoms with E-state index in [4.69, 9.17) is 5.11 Å². The van der Waals surface area contributed by atoms with Crippen LogP contribution in [-0.4, -0.2) is 5.11 Å². The van der Waals surface area contributed by atoms with Gasteiger partial charge in [-0.3, -0.25) is 0 Å². The van der Waals surface area contributed by atoms with E-state index in [9.17, 15) is 0 Å². The van der Waals surface area contributed by atoms with E-state index in [2.05, 4.69) is 5.73 Å². The molecule has 0 amide bonds.